The second-order valence-corrected chi connectivity index (χ2v) is 4.84. The Bertz CT molecular complexity index is 853. The van der Waals surface area contributed by atoms with E-state index in [1.165, 1.54) is 6.21 Å². The fourth-order valence-corrected chi connectivity index (χ4v) is 1.88. The molecular weight excluding hydrogens is 322 g/mol. The van der Waals surface area contributed by atoms with E-state index in [4.69, 9.17) is 21.8 Å². The molecule has 0 bridgehead atoms. The number of furan rings is 1. The van der Waals surface area contributed by atoms with E-state index in [0.717, 1.165) is 5.56 Å². The van der Waals surface area contributed by atoms with E-state index in [2.05, 4.69) is 25.5 Å². The largest absolute Gasteiger partial charge is 0.455 e. The van der Waals surface area contributed by atoms with Gasteiger partial charge in [0.2, 0.25) is 11.5 Å². The number of nitrogens with zero attached hydrogens (tertiary/aromatic N) is 3. The molecule has 116 valence electrons. The molecule has 0 aliphatic carbocycles. The number of amides is 1. The summed E-state index contributed by atoms with van der Waals surface area (Å²) in [5.74, 6) is 0.367. The molecule has 0 aliphatic rings. The predicted molar refractivity (Wildman–Crippen MR) is 82.9 cm³/mol. The van der Waals surface area contributed by atoms with Crippen molar-refractivity contribution >= 4 is 29.5 Å². The maximum absolute atomic E-state index is 11.7. The van der Waals surface area contributed by atoms with Crippen LogP contribution in [0.1, 0.15) is 16.2 Å². The molecule has 0 spiro atoms. The number of anilines is 1. The van der Waals surface area contributed by atoms with E-state index in [1.54, 1.807) is 24.3 Å². The molecule has 0 saturated heterocycles. The van der Waals surface area contributed by atoms with Gasteiger partial charge in [-0.1, -0.05) is 11.6 Å². The zero-order chi connectivity index (χ0) is 16.2. The minimum Gasteiger partial charge on any atom is -0.455 e. The van der Waals surface area contributed by atoms with Crippen molar-refractivity contribution in [1.82, 2.24) is 15.7 Å². The van der Waals surface area contributed by atoms with Gasteiger partial charge in [-0.2, -0.15) is 5.10 Å². The Morgan fingerprint density at radius 1 is 1.22 bits per heavy atom. The van der Waals surface area contributed by atoms with Gasteiger partial charge < -0.3 is 10.2 Å². The van der Waals surface area contributed by atoms with Gasteiger partial charge in [-0.3, -0.25) is 4.79 Å². The fraction of sp³-hybridized carbons (Fsp3) is 0. The lowest BCUT2D eigenvalue weighted by atomic mass is 10.2. The zero-order valence-electron chi connectivity index (χ0n) is 11.6. The van der Waals surface area contributed by atoms with Crippen LogP contribution < -0.4 is 11.2 Å². The number of aromatic nitrogens is 2. The second kappa shape index (κ2) is 6.32. The normalized spacial score (nSPS) is 11.0. The van der Waals surface area contributed by atoms with Crippen molar-refractivity contribution in [1.29, 1.82) is 0 Å². The van der Waals surface area contributed by atoms with Gasteiger partial charge >= 0.3 is 0 Å². The Balaban J connectivity index is 1.66. The average Bonchev–Trinajstić information content (AvgIpc) is 3.17. The number of hydrogen-bond acceptors (Lipinski definition) is 7. The van der Waals surface area contributed by atoms with Crippen LogP contribution in [-0.4, -0.2) is 22.4 Å². The van der Waals surface area contributed by atoms with Crippen LogP contribution >= 0.6 is 11.6 Å². The number of carbonyl (C=O) groups excluding carboxylic acids is 1. The summed E-state index contributed by atoms with van der Waals surface area (Å²) in [6.07, 6.45) is 1.35. The van der Waals surface area contributed by atoms with Crippen molar-refractivity contribution in [3.05, 3.63) is 52.9 Å². The number of halogens is 1. The number of hydrazone groups is 1. The van der Waals surface area contributed by atoms with E-state index in [9.17, 15) is 4.79 Å². The summed E-state index contributed by atoms with van der Waals surface area (Å²) in [7, 11) is 0. The minimum absolute atomic E-state index is 0.110. The maximum Gasteiger partial charge on any atom is 0.297 e. The Morgan fingerprint density at radius 2 is 2.00 bits per heavy atom. The van der Waals surface area contributed by atoms with Gasteiger partial charge in [0.05, 0.1) is 6.21 Å². The highest BCUT2D eigenvalue weighted by Crippen LogP contribution is 2.23. The van der Waals surface area contributed by atoms with Gasteiger partial charge in [0.15, 0.2) is 0 Å². The highest BCUT2D eigenvalue weighted by molar-refractivity contribution is 6.30. The summed E-state index contributed by atoms with van der Waals surface area (Å²) in [5.41, 5.74) is 8.37. The van der Waals surface area contributed by atoms with E-state index >= 15 is 0 Å². The summed E-state index contributed by atoms with van der Waals surface area (Å²) < 4.78 is 9.92. The summed E-state index contributed by atoms with van der Waals surface area (Å²) in [6, 6.07) is 10.7. The second-order valence-electron chi connectivity index (χ2n) is 4.41. The Morgan fingerprint density at radius 3 is 2.70 bits per heavy atom. The van der Waals surface area contributed by atoms with Crippen molar-refractivity contribution in [2.45, 2.75) is 0 Å². The molecule has 1 aromatic carbocycles. The van der Waals surface area contributed by atoms with E-state index in [1.807, 2.05) is 12.1 Å². The SMILES string of the molecule is Nc1nonc1C(=O)NN=Cc1ccc(-c2ccc(Cl)cc2)o1. The van der Waals surface area contributed by atoms with Crippen LogP contribution in [0.15, 0.2) is 50.5 Å². The van der Waals surface area contributed by atoms with Gasteiger partial charge in [0.1, 0.15) is 11.5 Å². The average molecular weight is 332 g/mol. The first-order valence-electron chi connectivity index (χ1n) is 6.40. The van der Waals surface area contributed by atoms with Crippen LogP contribution in [0.4, 0.5) is 5.82 Å². The van der Waals surface area contributed by atoms with E-state index in [-0.39, 0.29) is 11.5 Å². The number of nitrogen functional groups attached to an aromatic ring is 1. The standard InChI is InChI=1S/C14H10ClN5O3/c15-9-3-1-8(2-4-9)11-6-5-10(22-11)7-17-18-14(21)12-13(16)20-23-19-12/h1-7H,(H2,16,20)(H,18,21). The Kier molecular flexibility index (Phi) is 4.07. The lowest BCUT2D eigenvalue weighted by molar-refractivity contribution is 0.0946. The van der Waals surface area contributed by atoms with Crippen LogP contribution in [-0.2, 0) is 0 Å². The van der Waals surface area contributed by atoms with E-state index in [0.29, 0.717) is 16.5 Å². The molecule has 9 heteroatoms. The van der Waals surface area contributed by atoms with Crippen molar-refractivity contribution < 1.29 is 13.8 Å². The first-order chi connectivity index (χ1) is 11.1. The van der Waals surface area contributed by atoms with E-state index < -0.39 is 5.91 Å². The fourth-order valence-electron chi connectivity index (χ4n) is 1.75. The molecule has 0 atom stereocenters. The summed E-state index contributed by atoms with van der Waals surface area (Å²) in [5, 5.41) is 11.1. The van der Waals surface area contributed by atoms with Crippen molar-refractivity contribution in [3.63, 3.8) is 0 Å². The van der Waals surface area contributed by atoms with Crippen LogP contribution in [0.2, 0.25) is 5.02 Å². The van der Waals surface area contributed by atoms with Gasteiger partial charge in [0, 0.05) is 10.6 Å². The van der Waals surface area contributed by atoms with Gasteiger partial charge in [-0.05, 0) is 46.7 Å². The summed E-state index contributed by atoms with van der Waals surface area (Å²) in [4.78, 5) is 11.7. The van der Waals surface area contributed by atoms with Gasteiger partial charge in [-0.15, -0.1) is 0 Å². The summed E-state index contributed by atoms with van der Waals surface area (Å²) >= 11 is 5.84. The molecule has 0 unspecified atom stereocenters. The maximum atomic E-state index is 11.7. The van der Waals surface area contributed by atoms with Crippen molar-refractivity contribution in [2.24, 2.45) is 5.10 Å². The number of hydrogen-bond donors (Lipinski definition) is 2. The molecule has 0 aliphatic heterocycles. The van der Waals surface area contributed by atoms with Crippen molar-refractivity contribution in [3.8, 4) is 11.3 Å². The Hall–Kier alpha value is -3.13. The number of carbonyl (C=O) groups is 1. The molecule has 1 amide bonds. The predicted octanol–water partition coefficient (Wildman–Crippen LogP) is 2.33. The summed E-state index contributed by atoms with van der Waals surface area (Å²) in [6.45, 7) is 0. The van der Waals surface area contributed by atoms with Crippen LogP contribution in [0, 0.1) is 0 Å². The monoisotopic (exact) mass is 331 g/mol. The zero-order valence-corrected chi connectivity index (χ0v) is 12.3. The highest BCUT2D eigenvalue weighted by Gasteiger charge is 2.14. The molecule has 0 fully saturated rings. The smallest absolute Gasteiger partial charge is 0.297 e. The van der Waals surface area contributed by atoms with Crippen LogP contribution in [0.5, 0.6) is 0 Å². The first kappa shape index (κ1) is 14.8. The quantitative estimate of drug-likeness (QED) is 0.559. The number of nitrogens with two attached hydrogens (primary N) is 1. The third-order valence-electron chi connectivity index (χ3n) is 2.84. The number of benzene rings is 1. The molecular formula is C14H10ClN5O3. The third kappa shape index (κ3) is 3.38. The third-order valence-corrected chi connectivity index (χ3v) is 3.09. The molecule has 8 nitrogen and oxygen atoms in total. The van der Waals surface area contributed by atoms with Gasteiger partial charge in [0.25, 0.3) is 5.91 Å². The molecule has 2 aromatic heterocycles. The number of nitrogens with one attached hydrogen (secondary N) is 1. The highest BCUT2D eigenvalue weighted by atomic mass is 35.5. The molecule has 3 N–H and O–H groups in total. The minimum atomic E-state index is -0.635. The topological polar surface area (TPSA) is 120 Å². The van der Waals surface area contributed by atoms with Crippen LogP contribution in [0.25, 0.3) is 11.3 Å². The van der Waals surface area contributed by atoms with Crippen molar-refractivity contribution in [2.75, 3.05) is 5.73 Å². The lowest BCUT2D eigenvalue weighted by Gasteiger charge is -1.96. The first-order valence-corrected chi connectivity index (χ1v) is 6.78. The molecule has 2 heterocycles. The van der Waals surface area contributed by atoms with Crippen LogP contribution in [0.3, 0.4) is 0 Å². The number of rotatable bonds is 4. The molecule has 3 rings (SSSR count). The molecule has 0 saturated carbocycles. The van der Waals surface area contributed by atoms with Gasteiger partial charge in [-0.25, -0.2) is 10.1 Å². The molecule has 3 aromatic rings. The lowest BCUT2D eigenvalue weighted by Crippen LogP contribution is -2.19. The molecule has 23 heavy (non-hydrogen) atoms. The molecule has 0 radical (unpaired) electrons. The Labute approximate surface area is 134 Å².